The zero-order valence-corrected chi connectivity index (χ0v) is 16.2. The number of aryl methyl sites for hydroxylation is 1. The fourth-order valence-corrected chi connectivity index (χ4v) is 3.81. The van der Waals surface area contributed by atoms with Gasteiger partial charge >= 0.3 is 0 Å². The summed E-state index contributed by atoms with van der Waals surface area (Å²) < 4.78 is 6.47. The van der Waals surface area contributed by atoms with E-state index in [1.165, 1.54) is 27.6 Å². The van der Waals surface area contributed by atoms with Gasteiger partial charge in [-0.2, -0.15) is 4.98 Å². The van der Waals surface area contributed by atoms with Gasteiger partial charge in [0.15, 0.2) is 5.82 Å². The number of aliphatic hydroxyl groups excluding tert-OH is 1. The fourth-order valence-electron chi connectivity index (χ4n) is 2.92. The number of amides is 1. The number of hydrogen-bond donors (Lipinski definition) is 2. The Kier molecular flexibility index (Phi) is 4.95. The lowest BCUT2D eigenvalue weighted by molar-refractivity contribution is 0.100. The van der Waals surface area contributed by atoms with Crippen LogP contribution in [0.25, 0.3) is 10.2 Å². The number of aliphatic hydroxyl groups is 1. The molecule has 10 heteroatoms. The maximum absolute atomic E-state index is 12.7. The molecule has 0 bridgehead atoms. The molecule has 0 aliphatic carbocycles. The molecule has 0 saturated heterocycles. The number of rotatable bonds is 6. The first kappa shape index (κ1) is 19.0. The number of nitrogens with zero attached hydrogens (tertiary/aromatic N) is 4. The molecule has 4 rings (SSSR count). The Morgan fingerprint density at radius 1 is 1.34 bits per heavy atom. The normalized spacial score (nSPS) is 12.3. The molecule has 0 aliphatic heterocycles. The number of fused-ring (bicyclic) bond motifs is 1. The molecular weight excluding hydrogens is 394 g/mol. The molecule has 9 nitrogen and oxygen atoms in total. The van der Waals surface area contributed by atoms with Gasteiger partial charge in [0.25, 0.3) is 5.56 Å². The molecule has 0 radical (unpaired) electrons. The third-order valence-electron chi connectivity index (χ3n) is 4.48. The summed E-state index contributed by atoms with van der Waals surface area (Å²) in [6.45, 7) is 1.96. The zero-order valence-electron chi connectivity index (χ0n) is 15.4. The van der Waals surface area contributed by atoms with Crippen LogP contribution in [0.4, 0.5) is 0 Å². The molecule has 4 aromatic rings. The highest BCUT2D eigenvalue weighted by Crippen LogP contribution is 2.21. The Hall–Kier alpha value is -3.37. The topological polar surface area (TPSA) is 137 Å². The summed E-state index contributed by atoms with van der Waals surface area (Å²) in [5.74, 6) is -0.170. The summed E-state index contributed by atoms with van der Waals surface area (Å²) in [6, 6.07) is 7.53. The summed E-state index contributed by atoms with van der Waals surface area (Å²) in [4.78, 5) is 33.1. The van der Waals surface area contributed by atoms with Crippen molar-refractivity contribution >= 4 is 27.5 Å². The van der Waals surface area contributed by atoms with E-state index in [2.05, 4.69) is 15.1 Å². The first-order chi connectivity index (χ1) is 13.9. The van der Waals surface area contributed by atoms with Crippen molar-refractivity contribution < 1.29 is 14.4 Å². The number of hydrogen-bond acceptors (Lipinski definition) is 8. The van der Waals surface area contributed by atoms with Gasteiger partial charge in [0.1, 0.15) is 11.4 Å². The van der Waals surface area contributed by atoms with Crippen LogP contribution in [0.5, 0.6) is 0 Å². The molecule has 0 spiro atoms. The van der Waals surface area contributed by atoms with Crippen LogP contribution in [0.15, 0.2) is 45.3 Å². The van der Waals surface area contributed by atoms with Gasteiger partial charge in [0.05, 0.1) is 23.4 Å². The average Bonchev–Trinajstić information content (AvgIpc) is 3.32. The molecule has 0 aliphatic rings. The number of thiophene rings is 1. The maximum atomic E-state index is 12.7. The van der Waals surface area contributed by atoms with Crippen LogP contribution < -0.4 is 11.3 Å². The van der Waals surface area contributed by atoms with E-state index in [1.54, 1.807) is 0 Å². The number of carbonyl (C=O) groups excluding carboxylic acids is 1. The van der Waals surface area contributed by atoms with Crippen LogP contribution in [0.3, 0.4) is 0 Å². The van der Waals surface area contributed by atoms with Gasteiger partial charge in [-0.05, 0) is 12.5 Å². The fraction of sp³-hybridized carbons (Fsp3) is 0.211. The van der Waals surface area contributed by atoms with E-state index in [0.29, 0.717) is 10.7 Å². The summed E-state index contributed by atoms with van der Waals surface area (Å²) in [5.41, 5.74) is 6.91. The van der Waals surface area contributed by atoms with E-state index >= 15 is 0 Å². The lowest BCUT2D eigenvalue weighted by atomic mass is 10.0. The van der Waals surface area contributed by atoms with Crippen LogP contribution in [-0.2, 0) is 13.0 Å². The van der Waals surface area contributed by atoms with Gasteiger partial charge in [-0.1, -0.05) is 35.0 Å². The van der Waals surface area contributed by atoms with Crippen LogP contribution in [0.2, 0.25) is 0 Å². The number of benzene rings is 1. The van der Waals surface area contributed by atoms with Crippen molar-refractivity contribution in [1.29, 1.82) is 0 Å². The van der Waals surface area contributed by atoms with Gasteiger partial charge in [-0.15, -0.1) is 11.3 Å². The predicted octanol–water partition coefficient (Wildman–Crippen LogP) is 1.57. The summed E-state index contributed by atoms with van der Waals surface area (Å²) in [6.07, 6.45) is 0.761. The monoisotopic (exact) mass is 411 g/mol. The largest absolute Gasteiger partial charge is 0.388 e. The van der Waals surface area contributed by atoms with Crippen LogP contribution >= 0.6 is 11.3 Å². The van der Waals surface area contributed by atoms with Gasteiger partial charge in [-0.3, -0.25) is 14.2 Å². The molecule has 148 valence electrons. The molecule has 0 saturated carbocycles. The van der Waals surface area contributed by atoms with Gasteiger partial charge < -0.3 is 15.4 Å². The third kappa shape index (κ3) is 3.80. The predicted molar refractivity (Wildman–Crippen MR) is 106 cm³/mol. The summed E-state index contributed by atoms with van der Waals surface area (Å²) in [5, 5.41) is 15.9. The van der Waals surface area contributed by atoms with E-state index in [0.717, 1.165) is 11.1 Å². The van der Waals surface area contributed by atoms with Crippen molar-refractivity contribution in [3.05, 3.63) is 74.7 Å². The highest BCUT2D eigenvalue weighted by Gasteiger charge is 2.18. The van der Waals surface area contributed by atoms with Crippen molar-refractivity contribution in [3.63, 3.8) is 0 Å². The second kappa shape index (κ2) is 7.57. The summed E-state index contributed by atoms with van der Waals surface area (Å²) >= 11 is 1.18. The minimum atomic E-state index is -0.772. The van der Waals surface area contributed by atoms with E-state index in [1.807, 2.05) is 31.2 Å². The Balaban J connectivity index is 1.54. The quantitative estimate of drug-likeness (QED) is 0.491. The second-order valence-corrected chi connectivity index (χ2v) is 7.46. The Morgan fingerprint density at radius 2 is 2.10 bits per heavy atom. The Morgan fingerprint density at radius 3 is 2.83 bits per heavy atom. The lowest BCUT2D eigenvalue weighted by Crippen LogP contribution is -2.23. The number of nitrogens with two attached hydrogens (primary N) is 1. The van der Waals surface area contributed by atoms with Crippen molar-refractivity contribution in [2.45, 2.75) is 26.0 Å². The molecule has 3 N–H and O–H groups in total. The highest BCUT2D eigenvalue weighted by molar-refractivity contribution is 7.17. The van der Waals surface area contributed by atoms with Crippen molar-refractivity contribution in [3.8, 4) is 0 Å². The first-order valence-corrected chi connectivity index (χ1v) is 9.63. The molecule has 3 aromatic heterocycles. The minimum absolute atomic E-state index is 0.0105. The van der Waals surface area contributed by atoms with Crippen molar-refractivity contribution in [2.24, 2.45) is 5.73 Å². The lowest BCUT2D eigenvalue weighted by Gasteiger charge is -2.08. The zero-order chi connectivity index (χ0) is 20.5. The van der Waals surface area contributed by atoms with Gasteiger partial charge in [0.2, 0.25) is 11.8 Å². The number of carbonyl (C=O) groups is 1. The highest BCUT2D eigenvalue weighted by atomic mass is 32.1. The number of primary amides is 1. The molecular formula is C19H17N5O4S. The first-order valence-electron chi connectivity index (χ1n) is 8.75. The van der Waals surface area contributed by atoms with Crippen molar-refractivity contribution in [1.82, 2.24) is 19.7 Å². The van der Waals surface area contributed by atoms with Gasteiger partial charge in [-0.25, -0.2) is 4.98 Å². The molecule has 1 atom stereocenters. The van der Waals surface area contributed by atoms with Crippen LogP contribution in [-0.4, -0.2) is 30.7 Å². The van der Waals surface area contributed by atoms with E-state index in [4.69, 9.17) is 10.3 Å². The van der Waals surface area contributed by atoms with Crippen LogP contribution in [0, 0.1) is 6.92 Å². The van der Waals surface area contributed by atoms with Crippen molar-refractivity contribution in [2.75, 3.05) is 0 Å². The smallest absolute Gasteiger partial charge is 0.263 e. The number of aromatic nitrogens is 4. The maximum Gasteiger partial charge on any atom is 0.263 e. The molecule has 29 heavy (non-hydrogen) atoms. The van der Waals surface area contributed by atoms with E-state index < -0.39 is 17.6 Å². The molecule has 0 fully saturated rings. The molecule has 1 amide bonds. The Labute approximate surface area is 168 Å². The molecule has 0 unspecified atom stereocenters. The van der Waals surface area contributed by atoms with Gasteiger partial charge in [0, 0.05) is 11.8 Å². The summed E-state index contributed by atoms with van der Waals surface area (Å²) in [7, 11) is 0. The van der Waals surface area contributed by atoms with E-state index in [-0.39, 0.29) is 29.8 Å². The molecule has 1 aromatic carbocycles. The minimum Gasteiger partial charge on any atom is -0.388 e. The average molecular weight is 411 g/mol. The van der Waals surface area contributed by atoms with E-state index in [9.17, 15) is 14.7 Å². The third-order valence-corrected chi connectivity index (χ3v) is 5.37. The SMILES string of the molecule is Cc1ccc([C@@H](O)Cc2noc(Cn3cnc4scc(C(N)=O)c4c3=O)n2)cc1. The standard InChI is InChI=1S/C19H17N5O4S/c1-10-2-4-11(5-3-10)13(25)6-14-22-15(28-23-14)7-24-9-21-18-16(19(24)27)12(8-29-18)17(20)26/h2-5,8-9,13,25H,6-7H2,1H3,(H2,20,26)/t13-/m0/s1. The van der Waals surface area contributed by atoms with Crippen LogP contribution in [0.1, 0.15) is 39.3 Å². The second-order valence-electron chi connectivity index (χ2n) is 6.61. The Bertz CT molecular complexity index is 1240. The molecule has 3 heterocycles.